The van der Waals surface area contributed by atoms with Crippen LogP contribution < -0.4 is 5.32 Å². The van der Waals surface area contributed by atoms with E-state index < -0.39 is 5.97 Å². The van der Waals surface area contributed by atoms with Crippen molar-refractivity contribution in [2.45, 2.75) is 52.2 Å². The van der Waals surface area contributed by atoms with Gasteiger partial charge in [-0.3, -0.25) is 4.79 Å². The molecular formula is C13H25NO3. The molecule has 4 unspecified atom stereocenters. The van der Waals surface area contributed by atoms with Gasteiger partial charge in [0.1, 0.15) is 6.04 Å². The molecule has 1 aliphatic carbocycles. The molecule has 100 valence electrons. The third-order valence-electron chi connectivity index (χ3n) is 3.69. The van der Waals surface area contributed by atoms with Crippen molar-refractivity contribution in [3.8, 4) is 0 Å². The fourth-order valence-electron chi connectivity index (χ4n) is 2.39. The lowest BCUT2D eigenvalue weighted by Gasteiger charge is -2.33. The minimum atomic E-state index is -0.741. The van der Waals surface area contributed by atoms with E-state index in [0.717, 1.165) is 12.3 Å². The first-order valence-corrected chi connectivity index (χ1v) is 6.56. The van der Waals surface area contributed by atoms with Crippen LogP contribution in [0.3, 0.4) is 0 Å². The molecule has 0 spiro atoms. The lowest BCUT2D eigenvalue weighted by molar-refractivity contribution is -0.136. The van der Waals surface area contributed by atoms with Gasteiger partial charge in [0.15, 0.2) is 0 Å². The maximum atomic E-state index is 9.71. The van der Waals surface area contributed by atoms with E-state index in [1.54, 1.807) is 0 Å². The van der Waals surface area contributed by atoms with Crippen LogP contribution in [-0.4, -0.2) is 34.9 Å². The molecule has 2 rings (SSSR count). The summed E-state index contributed by atoms with van der Waals surface area (Å²) in [5.41, 5.74) is 0. The molecule has 1 heterocycles. The molecule has 0 amide bonds. The molecule has 1 aliphatic heterocycles. The third kappa shape index (κ3) is 5.04. The van der Waals surface area contributed by atoms with E-state index in [2.05, 4.69) is 26.1 Å². The van der Waals surface area contributed by atoms with Crippen LogP contribution in [0.25, 0.3) is 0 Å². The molecule has 4 nitrogen and oxygen atoms in total. The Labute approximate surface area is 103 Å². The number of hydrogen-bond acceptors (Lipinski definition) is 3. The summed E-state index contributed by atoms with van der Waals surface area (Å²) >= 11 is 0. The maximum absolute atomic E-state index is 9.71. The number of aliphatic hydroxyl groups excluding tert-OH is 1. The predicted molar refractivity (Wildman–Crippen MR) is 66.8 cm³/mol. The van der Waals surface area contributed by atoms with Crippen LogP contribution in [0.5, 0.6) is 0 Å². The number of nitrogens with one attached hydrogen (secondary N) is 1. The summed E-state index contributed by atoms with van der Waals surface area (Å²) in [6.45, 7) is 7.31. The zero-order valence-corrected chi connectivity index (χ0v) is 11.0. The standard InChI is InChI=1S/C10H20O.C3H5NO2/c1-7(2)9-5-4-8(3)6-10(9)11;5-3(6)2-1-4-2/h7-11H,4-6H2,1-3H3;2,4H,1H2,(H,5,6). The topological polar surface area (TPSA) is 79.5 Å². The lowest BCUT2D eigenvalue weighted by atomic mass is 9.75. The van der Waals surface area contributed by atoms with Gasteiger partial charge in [0.25, 0.3) is 0 Å². The van der Waals surface area contributed by atoms with Gasteiger partial charge in [0.05, 0.1) is 6.10 Å². The highest BCUT2D eigenvalue weighted by atomic mass is 16.4. The summed E-state index contributed by atoms with van der Waals surface area (Å²) in [7, 11) is 0. The van der Waals surface area contributed by atoms with Crippen LogP contribution in [0.15, 0.2) is 0 Å². The number of aliphatic hydroxyl groups is 1. The lowest BCUT2D eigenvalue weighted by Crippen LogP contribution is -2.31. The van der Waals surface area contributed by atoms with E-state index in [1.807, 2.05) is 0 Å². The van der Waals surface area contributed by atoms with E-state index in [0.29, 0.717) is 18.4 Å². The number of carboxylic acid groups (broad SMARTS) is 1. The number of carbonyl (C=O) groups is 1. The number of rotatable bonds is 2. The average molecular weight is 243 g/mol. The van der Waals surface area contributed by atoms with Crippen LogP contribution in [0.4, 0.5) is 0 Å². The molecule has 4 atom stereocenters. The molecule has 0 aromatic rings. The van der Waals surface area contributed by atoms with E-state index in [4.69, 9.17) is 5.11 Å². The Bertz CT molecular complexity index is 251. The van der Waals surface area contributed by atoms with Crippen LogP contribution in [0.2, 0.25) is 0 Å². The van der Waals surface area contributed by atoms with Gasteiger partial charge in [-0.1, -0.05) is 27.2 Å². The summed E-state index contributed by atoms with van der Waals surface area (Å²) in [6, 6.07) is -0.231. The fraction of sp³-hybridized carbons (Fsp3) is 0.923. The Morgan fingerprint density at radius 3 is 2.24 bits per heavy atom. The second-order valence-electron chi connectivity index (χ2n) is 5.69. The van der Waals surface area contributed by atoms with Crippen molar-refractivity contribution in [2.75, 3.05) is 6.54 Å². The smallest absolute Gasteiger partial charge is 0.322 e. The van der Waals surface area contributed by atoms with Crippen LogP contribution in [-0.2, 0) is 4.79 Å². The van der Waals surface area contributed by atoms with Gasteiger partial charge < -0.3 is 15.5 Å². The Morgan fingerprint density at radius 1 is 1.35 bits per heavy atom. The Hall–Kier alpha value is -0.610. The zero-order valence-electron chi connectivity index (χ0n) is 11.0. The first-order chi connectivity index (χ1) is 7.91. The van der Waals surface area contributed by atoms with Crippen molar-refractivity contribution >= 4 is 5.97 Å². The third-order valence-corrected chi connectivity index (χ3v) is 3.69. The van der Waals surface area contributed by atoms with Crippen molar-refractivity contribution in [1.29, 1.82) is 0 Å². The van der Waals surface area contributed by atoms with Gasteiger partial charge in [-0.25, -0.2) is 0 Å². The van der Waals surface area contributed by atoms with E-state index in [1.165, 1.54) is 12.8 Å². The minimum Gasteiger partial charge on any atom is -0.480 e. The minimum absolute atomic E-state index is 0.0289. The normalized spacial score (nSPS) is 36.1. The molecule has 3 N–H and O–H groups in total. The molecule has 2 aliphatic rings. The van der Waals surface area contributed by atoms with E-state index in [9.17, 15) is 9.90 Å². The molecule has 2 fully saturated rings. The molecule has 0 aromatic carbocycles. The molecule has 0 bridgehead atoms. The number of hydrogen-bond donors (Lipinski definition) is 3. The highest BCUT2D eigenvalue weighted by Gasteiger charge is 2.28. The first kappa shape index (κ1) is 14.5. The van der Waals surface area contributed by atoms with Crippen molar-refractivity contribution in [3.05, 3.63) is 0 Å². The summed E-state index contributed by atoms with van der Waals surface area (Å²) in [4.78, 5) is 9.70. The van der Waals surface area contributed by atoms with Crippen LogP contribution in [0, 0.1) is 17.8 Å². The van der Waals surface area contributed by atoms with Crippen molar-refractivity contribution in [1.82, 2.24) is 5.32 Å². The summed E-state index contributed by atoms with van der Waals surface area (Å²) in [5, 5.41) is 20.3. The maximum Gasteiger partial charge on any atom is 0.322 e. The molecular weight excluding hydrogens is 218 g/mol. The number of carboxylic acids is 1. The number of aliphatic carboxylic acids is 1. The molecule has 0 aromatic heterocycles. The summed E-state index contributed by atoms with van der Waals surface area (Å²) < 4.78 is 0. The Kier molecular flexibility index (Phi) is 5.40. The summed E-state index contributed by atoms with van der Waals surface area (Å²) in [6.07, 6.45) is 3.52. The van der Waals surface area contributed by atoms with Gasteiger partial charge in [0, 0.05) is 6.54 Å². The Balaban J connectivity index is 0.000000202. The predicted octanol–water partition coefficient (Wildman–Crippen LogP) is 1.48. The molecule has 1 saturated carbocycles. The van der Waals surface area contributed by atoms with Gasteiger partial charge in [-0.15, -0.1) is 0 Å². The van der Waals surface area contributed by atoms with Crippen molar-refractivity contribution < 1.29 is 15.0 Å². The van der Waals surface area contributed by atoms with E-state index >= 15 is 0 Å². The van der Waals surface area contributed by atoms with Crippen LogP contribution in [0.1, 0.15) is 40.0 Å². The van der Waals surface area contributed by atoms with Gasteiger partial charge in [-0.05, 0) is 30.6 Å². The quantitative estimate of drug-likeness (QED) is 0.642. The fourth-order valence-corrected chi connectivity index (χ4v) is 2.39. The van der Waals surface area contributed by atoms with Crippen molar-refractivity contribution in [2.24, 2.45) is 17.8 Å². The SMILES string of the molecule is CC1CCC(C(C)C)C(O)C1.O=C(O)C1CN1. The van der Waals surface area contributed by atoms with Gasteiger partial charge >= 0.3 is 5.97 Å². The Morgan fingerprint density at radius 2 is 1.94 bits per heavy atom. The zero-order chi connectivity index (χ0) is 13.0. The molecule has 17 heavy (non-hydrogen) atoms. The summed E-state index contributed by atoms with van der Waals surface area (Å²) in [5.74, 6) is 1.21. The average Bonchev–Trinajstić information content (AvgIpc) is 3.00. The molecule has 4 heteroatoms. The van der Waals surface area contributed by atoms with Gasteiger partial charge in [-0.2, -0.15) is 0 Å². The molecule has 0 radical (unpaired) electrons. The van der Waals surface area contributed by atoms with Crippen LogP contribution >= 0.6 is 0 Å². The monoisotopic (exact) mass is 243 g/mol. The van der Waals surface area contributed by atoms with E-state index in [-0.39, 0.29) is 12.1 Å². The highest BCUT2D eigenvalue weighted by Crippen LogP contribution is 2.33. The second kappa shape index (κ2) is 6.36. The van der Waals surface area contributed by atoms with Gasteiger partial charge in [0.2, 0.25) is 0 Å². The van der Waals surface area contributed by atoms with Crippen molar-refractivity contribution in [3.63, 3.8) is 0 Å². The first-order valence-electron chi connectivity index (χ1n) is 6.56. The second-order valence-corrected chi connectivity index (χ2v) is 5.69. The highest BCUT2D eigenvalue weighted by molar-refractivity contribution is 5.76. The molecule has 1 saturated heterocycles. The largest absolute Gasteiger partial charge is 0.480 e.